The molecule has 1 amide bonds. The van der Waals surface area contributed by atoms with Crippen LogP contribution < -0.4 is 14.4 Å². The van der Waals surface area contributed by atoms with Crippen LogP contribution in [0, 0.1) is 13.8 Å². The summed E-state index contributed by atoms with van der Waals surface area (Å²) in [6.07, 6.45) is 1.93. The Morgan fingerprint density at radius 1 is 1.00 bits per heavy atom. The van der Waals surface area contributed by atoms with Gasteiger partial charge in [-0.15, -0.1) is 0 Å². The molecule has 2 aromatic rings. The molecule has 0 unspecified atom stereocenters. The Morgan fingerprint density at radius 3 is 2.42 bits per heavy atom. The van der Waals surface area contributed by atoms with E-state index in [0.29, 0.717) is 12.1 Å². The van der Waals surface area contributed by atoms with Crippen LogP contribution in [0.4, 0.5) is 5.69 Å². The van der Waals surface area contributed by atoms with Crippen molar-refractivity contribution < 1.29 is 14.3 Å². The average Bonchev–Trinajstić information content (AvgIpc) is 2.61. The Kier molecular flexibility index (Phi) is 4.47. The number of amides is 1. The molecular weight excluding hydrogens is 302 g/mol. The molecule has 2 aromatic carbocycles. The van der Waals surface area contributed by atoms with Crippen molar-refractivity contribution in [1.82, 2.24) is 0 Å². The molecule has 1 aliphatic rings. The van der Waals surface area contributed by atoms with E-state index in [2.05, 4.69) is 13.0 Å². The van der Waals surface area contributed by atoms with Crippen molar-refractivity contribution in [2.24, 2.45) is 0 Å². The number of nitrogens with zero attached hydrogens (tertiary/aromatic N) is 1. The largest absolute Gasteiger partial charge is 0.496 e. The molecule has 0 saturated carbocycles. The van der Waals surface area contributed by atoms with Crippen molar-refractivity contribution >= 4 is 11.6 Å². The topological polar surface area (TPSA) is 38.8 Å². The van der Waals surface area contributed by atoms with Crippen LogP contribution in [-0.4, -0.2) is 26.7 Å². The predicted octanol–water partition coefficient (Wildman–Crippen LogP) is 3.91. The highest BCUT2D eigenvalue weighted by Gasteiger charge is 2.28. The fourth-order valence-corrected chi connectivity index (χ4v) is 3.33. The van der Waals surface area contributed by atoms with Gasteiger partial charge in [0.1, 0.15) is 11.5 Å². The summed E-state index contributed by atoms with van der Waals surface area (Å²) >= 11 is 0. The van der Waals surface area contributed by atoms with Crippen LogP contribution in [-0.2, 0) is 6.42 Å². The molecule has 3 rings (SSSR count). The number of methoxy groups -OCH3 is 2. The quantitative estimate of drug-likeness (QED) is 0.859. The normalized spacial score (nSPS) is 13.4. The lowest BCUT2D eigenvalue weighted by Gasteiger charge is -2.32. The Morgan fingerprint density at radius 2 is 1.71 bits per heavy atom. The molecule has 0 fully saturated rings. The second kappa shape index (κ2) is 6.56. The van der Waals surface area contributed by atoms with E-state index in [-0.39, 0.29) is 5.91 Å². The van der Waals surface area contributed by atoms with Crippen molar-refractivity contribution in [1.29, 1.82) is 0 Å². The van der Waals surface area contributed by atoms with Crippen LogP contribution >= 0.6 is 0 Å². The van der Waals surface area contributed by atoms with Crippen molar-refractivity contribution in [2.75, 3.05) is 25.7 Å². The number of ether oxygens (including phenoxy) is 2. The van der Waals surface area contributed by atoms with E-state index in [1.165, 1.54) is 11.1 Å². The van der Waals surface area contributed by atoms with Gasteiger partial charge in [-0.25, -0.2) is 0 Å². The molecule has 0 N–H and O–H groups in total. The maximum Gasteiger partial charge on any atom is 0.258 e. The van der Waals surface area contributed by atoms with Crippen LogP contribution in [0.5, 0.6) is 11.5 Å². The van der Waals surface area contributed by atoms with Crippen molar-refractivity contribution in [2.45, 2.75) is 26.7 Å². The number of fused-ring (bicyclic) bond motifs is 1. The van der Waals surface area contributed by atoms with Gasteiger partial charge in [-0.1, -0.05) is 12.1 Å². The number of carbonyl (C=O) groups excluding carboxylic acids is 1. The van der Waals surface area contributed by atoms with Gasteiger partial charge < -0.3 is 14.4 Å². The van der Waals surface area contributed by atoms with Crippen molar-refractivity contribution in [3.05, 3.63) is 52.6 Å². The van der Waals surface area contributed by atoms with Gasteiger partial charge in [-0.3, -0.25) is 4.79 Å². The number of aryl methyl sites for hydroxylation is 2. The zero-order valence-electron chi connectivity index (χ0n) is 14.7. The number of benzene rings is 2. The fraction of sp³-hybridized carbons (Fsp3) is 0.350. The Bertz CT molecular complexity index is 783. The maximum atomic E-state index is 13.1. The summed E-state index contributed by atoms with van der Waals surface area (Å²) in [4.78, 5) is 15.0. The highest BCUT2D eigenvalue weighted by Crippen LogP contribution is 2.39. The van der Waals surface area contributed by atoms with E-state index in [0.717, 1.165) is 35.6 Å². The molecule has 1 aliphatic heterocycles. The lowest BCUT2D eigenvalue weighted by molar-refractivity contribution is 0.0984. The molecule has 0 bridgehead atoms. The second-order valence-corrected chi connectivity index (χ2v) is 6.16. The van der Waals surface area contributed by atoms with E-state index in [9.17, 15) is 4.79 Å². The minimum absolute atomic E-state index is 0.0156. The third kappa shape index (κ3) is 2.73. The number of anilines is 1. The molecular formula is C20H23NO3. The number of carbonyl (C=O) groups is 1. The minimum Gasteiger partial charge on any atom is -0.496 e. The van der Waals surface area contributed by atoms with Gasteiger partial charge in [-0.2, -0.15) is 0 Å². The molecule has 0 aliphatic carbocycles. The fourth-order valence-electron chi connectivity index (χ4n) is 3.33. The van der Waals surface area contributed by atoms with Gasteiger partial charge in [0.05, 0.1) is 19.9 Å². The van der Waals surface area contributed by atoms with Crippen LogP contribution in [0.3, 0.4) is 0 Å². The number of hydrogen-bond acceptors (Lipinski definition) is 3. The summed E-state index contributed by atoms with van der Waals surface area (Å²) in [6, 6.07) is 9.59. The first-order chi connectivity index (χ1) is 11.6. The zero-order chi connectivity index (χ0) is 17.3. The molecule has 1 heterocycles. The highest BCUT2D eigenvalue weighted by molar-refractivity contribution is 6.08. The average molecular weight is 325 g/mol. The van der Waals surface area contributed by atoms with Crippen LogP contribution in [0.15, 0.2) is 30.3 Å². The van der Waals surface area contributed by atoms with Crippen LogP contribution in [0.25, 0.3) is 0 Å². The smallest absolute Gasteiger partial charge is 0.258 e. The van der Waals surface area contributed by atoms with Crippen molar-refractivity contribution in [3.8, 4) is 11.5 Å². The highest BCUT2D eigenvalue weighted by atomic mass is 16.5. The van der Waals surface area contributed by atoms with Gasteiger partial charge in [0, 0.05) is 12.1 Å². The first kappa shape index (κ1) is 16.4. The molecule has 0 radical (unpaired) electrons. The van der Waals surface area contributed by atoms with E-state index in [1.54, 1.807) is 14.2 Å². The number of hydrogen-bond donors (Lipinski definition) is 0. The summed E-state index contributed by atoms with van der Waals surface area (Å²) in [5.74, 6) is 1.47. The molecule has 0 atom stereocenters. The Labute approximate surface area is 143 Å². The zero-order valence-corrected chi connectivity index (χ0v) is 14.7. The predicted molar refractivity (Wildman–Crippen MR) is 95.5 cm³/mol. The summed E-state index contributed by atoms with van der Waals surface area (Å²) in [6.45, 7) is 4.75. The SMILES string of the molecule is COc1cc(C(=O)N2CCCc3c(C)ccc(OC)c32)ccc1C. The summed E-state index contributed by atoms with van der Waals surface area (Å²) < 4.78 is 10.9. The summed E-state index contributed by atoms with van der Waals surface area (Å²) in [7, 11) is 3.27. The molecule has 24 heavy (non-hydrogen) atoms. The lowest BCUT2D eigenvalue weighted by atomic mass is 9.95. The van der Waals surface area contributed by atoms with Gasteiger partial charge in [0.2, 0.25) is 0 Å². The van der Waals surface area contributed by atoms with Crippen LogP contribution in [0.1, 0.15) is 33.5 Å². The third-order valence-corrected chi connectivity index (χ3v) is 4.68. The third-order valence-electron chi connectivity index (χ3n) is 4.68. The lowest BCUT2D eigenvalue weighted by Crippen LogP contribution is -2.36. The van der Waals surface area contributed by atoms with E-state index in [1.807, 2.05) is 36.1 Å². The van der Waals surface area contributed by atoms with E-state index < -0.39 is 0 Å². The minimum atomic E-state index is -0.0156. The molecule has 4 heteroatoms. The maximum absolute atomic E-state index is 13.1. The van der Waals surface area contributed by atoms with Gasteiger partial charge in [0.25, 0.3) is 5.91 Å². The summed E-state index contributed by atoms with van der Waals surface area (Å²) in [5, 5.41) is 0. The number of rotatable bonds is 3. The molecule has 126 valence electrons. The van der Waals surface area contributed by atoms with Gasteiger partial charge in [0.15, 0.2) is 0 Å². The molecule has 4 nitrogen and oxygen atoms in total. The second-order valence-electron chi connectivity index (χ2n) is 6.16. The monoisotopic (exact) mass is 325 g/mol. The van der Waals surface area contributed by atoms with Gasteiger partial charge >= 0.3 is 0 Å². The van der Waals surface area contributed by atoms with Crippen LogP contribution in [0.2, 0.25) is 0 Å². The standard InChI is InChI=1S/C20H23NO3/c1-13-8-10-17(23-3)19-16(13)6-5-11-21(19)20(22)15-9-7-14(2)18(12-15)24-4/h7-10,12H,5-6,11H2,1-4H3. The molecule has 0 spiro atoms. The molecule has 0 aromatic heterocycles. The Hall–Kier alpha value is -2.49. The van der Waals surface area contributed by atoms with E-state index >= 15 is 0 Å². The Balaban J connectivity index is 2.06. The molecule has 0 saturated heterocycles. The first-order valence-electron chi connectivity index (χ1n) is 8.19. The first-order valence-corrected chi connectivity index (χ1v) is 8.19. The van der Waals surface area contributed by atoms with E-state index in [4.69, 9.17) is 9.47 Å². The van der Waals surface area contributed by atoms with Gasteiger partial charge in [-0.05, 0) is 61.6 Å². The summed E-state index contributed by atoms with van der Waals surface area (Å²) in [5.41, 5.74) is 4.96. The van der Waals surface area contributed by atoms with Crippen molar-refractivity contribution in [3.63, 3.8) is 0 Å².